The van der Waals surface area contributed by atoms with Crippen molar-refractivity contribution in [1.29, 1.82) is 0 Å². The monoisotopic (exact) mass is 838 g/mol. The number of nitrogens with zero attached hydrogens (tertiary/aromatic N) is 2. The molecular weight excluding hydrogens is 804 g/mol. The molecule has 3 aromatic heterocycles. The van der Waals surface area contributed by atoms with E-state index in [2.05, 4.69) is 182 Å². The molecule has 61 heavy (non-hydrogen) atoms. The Kier molecular flexibility index (Phi) is 7.65. The number of hydrogen-bond donors (Lipinski definition) is 0. The molecule has 10 aromatic carbocycles. The minimum absolute atomic E-state index is 0.128. The van der Waals surface area contributed by atoms with E-state index >= 15 is 0 Å². The van der Waals surface area contributed by atoms with Crippen LogP contribution in [0, 0.1) is 0 Å². The summed E-state index contributed by atoms with van der Waals surface area (Å²) in [6.07, 6.45) is 3.77. The van der Waals surface area contributed by atoms with Gasteiger partial charge < -0.3 is 0 Å². The minimum Gasteiger partial charge on any atom is -0.0513 e. The second kappa shape index (κ2) is 13.6. The van der Waals surface area contributed by atoms with Crippen molar-refractivity contribution in [2.24, 2.45) is 0 Å². The molecule has 282 valence electrons. The van der Waals surface area contributed by atoms with Gasteiger partial charge in [-0.1, -0.05) is 6.07 Å². The summed E-state index contributed by atoms with van der Waals surface area (Å²) in [4.78, 5) is 9.46. The zero-order valence-corrected chi connectivity index (χ0v) is 34.6. The van der Waals surface area contributed by atoms with Gasteiger partial charge in [0.1, 0.15) is 0 Å². The van der Waals surface area contributed by atoms with Crippen molar-refractivity contribution in [3.8, 4) is 44.5 Å². The molecule has 0 saturated heterocycles. The first-order chi connectivity index (χ1) is 30.3. The summed E-state index contributed by atoms with van der Waals surface area (Å²) < 4.78 is 2.89. The standard InChI is InChI=1S/C58H34N2Se/c1-3-16-42-40(14-1)54(41-15-2-4-17-43(41)55(42)38-26-24-35-12-10-30-59-51(35)33-38)37-28-29-53-50(32-37)48-22-9-23-49(58(48)61-53)57-46-20-7-5-18-44(46)56(45-19-6-8-21-47(45)57)39-27-25-36-13-11-31-60-52(36)34-39/h1-34H. The van der Waals surface area contributed by atoms with Crippen LogP contribution < -0.4 is 0 Å². The second-order valence-corrected chi connectivity index (χ2v) is 18.2. The van der Waals surface area contributed by atoms with Crippen LogP contribution in [0.3, 0.4) is 0 Å². The Labute approximate surface area is 357 Å². The smallest absolute Gasteiger partial charge is 0.0513 e. The van der Waals surface area contributed by atoms with Crippen molar-refractivity contribution in [2.45, 2.75) is 0 Å². The van der Waals surface area contributed by atoms with Gasteiger partial charge in [-0.25, -0.2) is 0 Å². The molecule has 13 aromatic rings. The summed E-state index contributed by atoms with van der Waals surface area (Å²) in [6.45, 7) is 0. The van der Waals surface area contributed by atoms with E-state index in [4.69, 9.17) is 9.97 Å². The fourth-order valence-corrected chi connectivity index (χ4v) is 12.6. The van der Waals surface area contributed by atoms with Gasteiger partial charge in [0.25, 0.3) is 0 Å². The molecule has 3 heteroatoms. The normalized spacial score (nSPS) is 11.9. The number of benzene rings is 10. The van der Waals surface area contributed by atoms with Crippen LogP contribution in [0.25, 0.3) is 129 Å². The summed E-state index contributed by atoms with van der Waals surface area (Å²) in [6, 6.07) is 71.8. The topological polar surface area (TPSA) is 25.8 Å². The van der Waals surface area contributed by atoms with Gasteiger partial charge in [0.2, 0.25) is 0 Å². The molecule has 0 radical (unpaired) electrons. The summed E-state index contributed by atoms with van der Waals surface area (Å²) in [5.41, 5.74) is 12.1. The van der Waals surface area contributed by atoms with Crippen molar-refractivity contribution in [2.75, 3.05) is 0 Å². The van der Waals surface area contributed by atoms with E-state index in [0.29, 0.717) is 0 Å². The van der Waals surface area contributed by atoms with Crippen LogP contribution >= 0.6 is 0 Å². The molecule has 0 aliphatic heterocycles. The molecule has 0 aliphatic carbocycles. The molecule has 0 atom stereocenters. The van der Waals surface area contributed by atoms with Crippen LogP contribution in [-0.4, -0.2) is 24.5 Å². The minimum atomic E-state index is 0.128. The average molecular weight is 838 g/mol. The summed E-state index contributed by atoms with van der Waals surface area (Å²) in [5.74, 6) is 0. The molecule has 2 nitrogen and oxygen atoms in total. The second-order valence-electron chi connectivity index (χ2n) is 16.0. The zero-order valence-electron chi connectivity index (χ0n) is 32.9. The Morgan fingerprint density at radius 1 is 0.295 bits per heavy atom. The van der Waals surface area contributed by atoms with Gasteiger partial charge in [-0.15, -0.1) is 0 Å². The number of hydrogen-bond acceptors (Lipinski definition) is 2. The predicted molar refractivity (Wildman–Crippen MR) is 261 cm³/mol. The molecular formula is C58H34N2Se. The molecule has 0 fully saturated rings. The van der Waals surface area contributed by atoms with E-state index in [9.17, 15) is 0 Å². The molecule has 3 heterocycles. The third kappa shape index (κ3) is 5.28. The molecule has 0 saturated carbocycles. The third-order valence-electron chi connectivity index (χ3n) is 12.7. The Hall–Kier alpha value is -7.42. The van der Waals surface area contributed by atoms with E-state index < -0.39 is 0 Å². The van der Waals surface area contributed by atoms with Crippen molar-refractivity contribution >= 4 is 98.7 Å². The Bertz CT molecular complexity index is 3840. The van der Waals surface area contributed by atoms with Crippen LogP contribution in [0.1, 0.15) is 0 Å². The van der Waals surface area contributed by atoms with Gasteiger partial charge in [0.05, 0.1) is 0 Å². The number of aromatic nitrogens is 2. The van der Waals surface area contributed by atoms with Gasteiger partial charge in [-0.05, 0) is 6.07 Å². The van der Waals surface area contributed by atoms with Crippen molar-refractivity contribution < 1.29 is 0 Å². The SMILES string of the molecule is c1cnc2cc(-c3c4ccccc4c(-c4ccc5[se]c6c(-c7c8ccccc8c(-c8ccc9cccnc9c8)c8ccccc78)cccc6c5c4)c4ccccc34)ccc2c1. The van der Waals surface area contributed by atoms with Crippen LogP contribution in [0.5, 0.6) is 0 Å². The molecule has 0 unspecified atom stereocenters. The Morgan fingerprint density at radius 2 is 0.705 bits per heavy atom. The number of pyridine rings is 2. The third-order valence-corrected chi connectivity index (χ3v) is 15.3. The van der Waals surface area contributed by atoms with Crippen LogP contribution in [0.2, 0.25) is 0 Å². The van der Waals surface area contributed by atoms with Gasteiger partial charge in [0.15, 0.2) is 0 Å². The first-order valence-electron chi connectivity index (χ1n) is 20.8. The first kappa shape index (κ1) is 34.4. The first-order valence-corrected chi connectivity index (χ1v) is 22.5. The van der Waals surface area contributed by atoms with Gasteiger partial charge in [-0.3, -0.25) is 0 Å². The maximum absolute atomic E-state index is 4.73. The Balaban J connectivity index is 1.04. The summed E-state index contributed by atoms with van der Waals surface area (Å²) >= 11 is 0.128. The van der Waals surface area contributed by atoms with Gasteiger partial charge in [-0.2, -0.15) is 0 Å². The van der Waals surface area contributed by atoms with Crippen molar-refractivity contribution in [3.05, 3.63) is 207 Å². The fourth-order valence-electron chi connectivity index (χ4n) is 10.1. The predicted octanol–water partition coefficient (Wildman–Crippen LogP) is 15.4. The molecule has 13 rings (SSSR count). The van der Waals surface area contributed by atoms with E-state index in [1.165, 1.54) is 107 Å². The summed E-state index contributed by atoms with van der Waals surface area (Å²) in [5, 5.41) is 15.1. The van der Waals surface area contributed by atoms with Crippen LogP contribution in [-0.2, 0) is 0 Å². The van der Waals surface area contributed by atoms with Crippen molar-refractivity contribution in [1.82, 2.24) is 9.97 Å². The van der Waals surface area contributed by atoms with E-state index in [-0.39, 0.29) is 14.5 Å². The zero-order chi connectivity index (χ0) is 40.0. The molecule has 0 bridgehead atoms. The molecule has 0 amide bonds. The van der Waals surface area contributed by atoms with Crippen molar-refractivity contribution in [3.63, 3.8) is 0 Å². The molecule has 0 aliphatic rings. The van der Waals surface area contributed by atoms with Crippen LogP contribution in [0.4, 0.5) is 0 Å². The average Bonchev–Trinajstić information content (AvgIpc) is 3.70. The van der Waals surface area contributed by atoms with E-state index in [0.717, 1.165) is 21.8 Å². The number of fused-ring (bicyclic) bond motifs is 9. The van der Waals surface area contributed by atoms with E-state index in [1.807, 2.05) is 24.5 Å². The van der Waals surface area contributed by atoms with Gasteiger partial charge >= 0.3 is 341 Å². The number of rotatable bonds is 4. The molecule has 0 N–H and O–H groups in total. The fraction of sp³-hybridized carbons (Fsp3) is 0. The Morgan fingerprint density at radius 3 is 1.18 bits per heavy atom. The maximum atomic E-state index is 4.73. The summed E-state index contributed by atoms with van der Waals surface area (Å²) in [7, 11) is 0. The quantitative estimate of drug-likeness (QED) is 0.130. The molecule has 0 spiro atoms. The van der Waals surface area contributed by atoms with E-state index in [1.54, 1.807) is 0 Å². The van der Waals surface area contributed by atoms with Crippen LogP contribution in [0.15, 0.2) is 207 Å². The van der Waals surface area contributed by atoms with Gasteiger partial charge in [0, 0.05) is 6.20 Å².